The molecule has 2 aromatic rings. The van der Waals surface area contributed by atoms with E-state index in [9.17, 15) is 14.9 Å². The van der Waals surface area contributed by atoms with Gasteiger partial charge in [-0.2, -0.15) is 10.2 Å². The highest BCUT2D eigenvalue weighted by Gasteiger charge is 2.25. The number of nitro groups is 1. The first kappa shape index (κ1) is 15.7. The lowest BCUT2D eigenvalue weighted by atomic mass is 10.2. The van der Waals surface area contributed by atoms with Crippen LogP contribution in [0.5, 0.6) is 0 Å². The van der Waals surface area contributed by atoms with E-state index in [-0.39, 0.29) is 11.6 Å². The Kier molecular flexibility index (Phi) is 4.54. The lowest BCUT2D eigenvalue weighted by Crippen LogP contribution is -2.34. The van der Waals surface area contributed by atoms with Crippen LogP contribution < -0.4 is 0 Å². The van der Waals surface area contributed by atoms with Crippen molar-refractivity contribution in [3.05, 3.63) is 40.5 Å². The summed E-state index contributed by atoms with van der Waals surface area (Å²) in [5.74, 6) is -0.161. The van der Waals surface area contributed by atoms with E-state index in [1.54, 1.807) is 16.6 Å². The first-order chi connectivity index (χ1) is 10.4. The van der Waals surface area contributed by atoms with E-state index in [1.807, 2.05) is 26.2 Å². The van der Waals surface area contributed by atoms with Crippen LogP contribution in [-0.2, 0) is 18.4 Å². The van der Waals surface area contributed by atoms with E-state index in [2.05, 4.69) is 10.2 Å². The largest absolute Gasteiger partial charge is 0.338 e. The van der Waals surface area contributed by atoms with Crippen molar-refractivity contribution < 1.29 is 9.72 Å². The van der Waals surface area contributed by atoms with Gasteiger partial charge in [-0.05, 0) is 12.5 Å². The van der Waals surface area contributed by atoms with E-state index < -0.39 is 11.0 Å². The molecule has 118 valence electrons. The number of aryl methyl sites for hydroxylation is 1. The molecule has 0 fully saturated rings. The fraction of sp³-hybridized carbons (Fsp3) is 0.462. The van der Waals surface area contributed by atoms with Gasteiger partial charge in [-0.3, -0.25) is 24.3 Å². The van der Waals surface area contributed by atoms with Crippen molar-refractivity contribution in [2.45, 2.75) is 25.9 Å². The van der Waals surface area contributed by atoms with E-state index in [4.69, 9.17) is 0 Å². The molecule has 1 amide bonds. The maximum atomic E-state index is 12.5. The zero-order valence-corrected chi connectivity index (χ0v) is 12.7. The van der Waals surface area contributed by atoms with Crippen LogP contribution in [0.15, 0.2) is 24.7 Å². The average molecular weight is 306 g/mol. The summed E-state index contributed by atoms with van der Waals surface area (Å²) >= 11 is 0. The van der Waals surface area contributed by atoms with E-state index in [0.717, 1.165) is 11.9 Å². The summed E-state index contributed by atoms with van der Waals surface area (Å²) in [4.78, 5) is 24.3. The van der Waals surface area contributed by atoms with Crippen LogP contribution in [0, 0.1) is 10.1 Å². The van der Waals surface area contributed by atoms with Crippen molar-refractivity contribution in [3.63, 3.8) is 0 Å². The molecule has 0 radical (unpaired) electrons. The zero-order valence-electron chi connectivity index (χ0n) is 12.7. The van der Waals surface area contributed by atoms with Gasteiger partial charge in [0.25, 0.3) is 0 Å². The fourth-order valence-electron chi connectivity index (χ4n) is 2.19. The number of carbonyl (C=O) groups is 1. The average Bonchev–Trinajstić information content (AvgIpc) is 3.09. The predicted molar refractivity (Wildman–Crippen MR) is 77.9 cm³/mol. The molecule has 2 heterocycles. The van der Waals surface area contributed by atoms with Crippen molar-refractivity contribution in [3.8, 4) is 0 Å². The molecular formula is C13H18N6O3. The molecule has 1 unspecified atom stereocenters. The van der Waals surface area contributed by atoms with Gasteiger partial charge in [-0.1, -0.05) is 6.92 Å². The molecule has 9 nitrogen and oxygen atoms in total. The molecule has 0 saturated carbocycles. The molecule has 2 rings (SSSR count). The van der Waals surface area contributed by atoms with Gasteiger partial charge in [0.15, 0.2) is 0 Å². The highest BCUT2D eigenvalue weighted by Crippen LogP contribution is 2.18. The number of carbonyl (C=O) groups excluding carboxylic acids is 1. The van der Waals surface area contributed by atoms with Crippen LogP contribution in [0.2, 0.25) is 0 Å². The van der Waals surface area contributed by atoms with Crippen LogP contribution in [0.3, 0.4) is 0 Å². The van der Waals surface area contributed by atoms with Crippen LogP contribution in [0.25, 0.3) is 0 Å². The Bertz CT molecular complexity index is 677. The molecule has 2 aromatic heterocycles. The summed E-state index contributed by atoms with van der Waals surface area (Å²) in [7, 11) is 3.49. The summed E-state index contributed by atoms with van der Waals surface area (Å²) in [6, 6.07) is 1.27. The molecule has 22 heavy (non-hydrogen) atoms. The molecule has 0 aliphatic carbocycles. The molecule has 0 saturated heterocycles. The molecule has 0 spiro atoms. The van der Waals surface area contributed by atoms with Gasteiger partial charge in [-0.25, -0.2) is 0 Å². The maximum absolute atomic E-state index is 12.5. The highest BCUT2D eigenvalue weighted by molar-refractivity contribution is 5.80. The number of aromatic nitrogens is 4. The number of likely N-dealkylation sites (N-methyl/N-ethyl adjacent to an activating group) is 1. The van der Waals surface area contributed by atoms with Crippen LogP contribution in [0.4, 0.5) is 5.69 Å². The Hall–Kier alpha value is -2.71. The first-order valence-electron chi connectivity index (χ1n) is 6.84. The molecule has 1 atom stereocenters. The normalized spacial score (nSPS) is 12.1. The first-order valence-corrected chi connectivity index (χ1v) is 6.84. The number of amides is 1. The number of rotatable bonds is 6. The van der Waals surface area contributed by atoms with Gasteiger partial charge in [0.05, 0.1) is 17.2 Å². The smallest absolute Gasteiger partial charge is 0.307 e. The van der Waals surface area contributed by atoms with E-state index in [0.29, 0.717) is 13.0 Å². The van der Waals surface area contributed by atoms with Gasteiger partial charge < -0.3 is 4.90 Å². The highest BCUT2D eigenvalue weighted by atomic mass is 16.6. The monoisotopic (exact) mass is 306 g/mol. The third kappa shape index (κ3) is 3.30. The van der Waals surface area contributed by atoms with E-state index >= 15 is 0 Å². The van der Waals surface area contributed by atoms with Crippen LogP contribution >= 0.6 is 0 Å². The minimum atomic E-state index is -0.567. The van der Waals surface area contributed by atoms with Crippen molar-refractivity contribution in [2.24, 2.45) is 7.05 Å². The molecule has 0 aliphatic rings. The summed E-state index contributed by atoms with van der Waals surface area (Å²) in [5, 5.41) is 18.9. The Labute approximate surface area is 127 Å². The second-order valence-electron chi connectivity index (χ2n) is 5.03. The fourth-order valence-corrected chi connectivity index (χ4v) is 2.19. The third-order valence-electron chi connectivity index (χ3n) is 3.33. The molecule has 0 aromatic carbocycles. The summed E-state index contributed by atoms with van der Waals surface area (Å²) in [6.07, 6.45) is 4.72. The minimum absolute atomic E-state index is 0.126. The molecule has 0 bridgehead atoms. The van der Waals surface area contributed by atoms with Gasteiger partial charge in [-0.15, -0.1) is 0 Å². The Morgan fingerprint density at radius 1 is 1.55 bits per heavy atom. The summed E-state index contributed by atoms with van der Waals surface area (Å²) in [6.45, 7) is 2.21. The SMILES string of the molecule is CCC(C(=O)N(C)Cc1ccn(C)n1)n1cc([N+](=O)[O-])cn1. The topological polar surface area (TPSA) is 99.1 Å². The van der Waals surface area contributed by atoms with Crippen molar-refractivity contribution in [1.82, 2.24) is 24.5 Å². The third-order valence-corrected chi connectivity index (χ3v) is 3.33. The van der Waals surface area contributed by atoms with Crippen molar-refractivity contribution >= 4 is 11.6 Å². The molecule has 9 heteroatoms. The standard InChI is InChI=1S/C13H18N6O3/c1-4-12(18-9-11(7-14-18)19(21)22)13(20)16(2)8-10-5-6-17(3)15-10/h5-7,9,12H,4,8H2,1-3H3. The minimum Gasteiger partial charge on any atom is -0.338 e. The maximum Gasteiger partial charge on any atom is 0.307 e. The molecule has 0 aliphatic heterocycles. The molecular weight excluding hydrogens is 288 g/mol. The second-order valence-corrected chi connectivity index (χ2v) is 5.03. The lowest BCUT2D eigenvalue weighted by Gasteiger charge is -2.22. The van der Waals surface area contributed by atoms with Crippen LogP contribution in [-0.4, -0.2) is 42.3 Å². The van der Waals surface area contributed by atoms with Gasteiger partial charge >= 0.3 is 5.69 Å². The molecule has 0 N–H and O–H groups in total. The van der Waals surface area contributed by atoms with E-state index in [1.165, 1.54) is 10.9 Å². The quantitative estimate of drug-likeness (QED) is 0.588. The predicted octanol–water partition coefficient (Wildman–Crippen LogP) is 1.13. The summed E-state index contributed by atoms with van der Waals surface area (Å²) < 4.78 is 3.01. The Balaban J connectivity index is 2.11. The van der Waals surface area contributed by atoms with Gasteiger partial charge in [0, 0.05) is 20.3 Å². The number of nitrogens with zero attached hydrogens (tertiary/aromatic N) is 6. The Morgan fingerprint density at radius 2 is 2.27 bits per heavy atom. The zero-order chi connectivity index (χ0) is 16.3. The lowest BCUT2D eigenvalue weighted by molar-refractivity contribution is -0.385. The summed E-state index contributed by atoms with van der Waals surface area (Å²) in [5.41, 5.74) is 0.651. The number of hydrogen-bond donors (Lipinski definition) is 0. The van der Waals surface area contributed by atoms with Gasteiger partial charge in [0.1, 0.15) is 18.4 Å². The van der Waals surface area contributed by atoms with Crippen molar-refractivity contribution in [1.29, 1.82) is 0 Å². The van der Waals surface area contributed by atoms with Crippen LogP contribution in [0.1, 0.15) is 25.1 Å². The van der Waals surface area contributed by atoms with Gasteiger partial charge in [0.2, 0.25) is 5.91 Å². The second kappa shape index (κ2) is 6.37. The Morgan fingerprint density at radius 3 is 2.77 bits per heavy atom. The number of hydrogen-bond acceptors (Lipinski definition) is 5. The van der Waals surface area contributed by atoms with Crippen molar-refractivity contribution in [2.75, 3.05) is 7.05 Å².